The fourth-order valence-electron chi connectivity index (χ4n) is 3.37. The van der Waals surface area contributed by atoms with Gasteiger partial charge in [0.1, 0.15) is 5.82 Å². The quantitative estimate of drug-likeness (QED) is 0.469. The first-order valence-corrected chi connectivity index (χ1v) is 11.6. The molecule has 0 saturated carbocycles. The second-order valence-corrected chi connectivity index (χ2v) is 9.14. The molecule has 0 aliphatic carbocycles. The molecular weight excluding hydrogens is 390 g/mol. The summed E-state index contributed by atoms with van der Waals surface area (Å²) in [6, 6.07) is 0.165. The summed E-state index contributed by atoms with van der Waals surface area (Å²) in [5, 5.41) is 12.2. The first kappa shape index (κ1) is 23.7. The Balaban J connectivity index is 1.89. The summed E-state index contributed by atoms with van der Waals surface area (Å²) in [5.41, 5.74) is 5.28. The lowest BCUT2D eigenvalue weighted by atomic mass is 10.0. The number of ether oxygens (including phenoxy) is 1. The van der Waals surface area contributed by atoms with E-state index in [1.165, 1.54) is 18.2 Å². The molecule has 0 aromatic carbocycles. The maximum absolute atomic E-state index is 12.3. The number of aromatic nitrogens is 3. The Morgan fingerprint density at radius 1 is 1.31 bits per heavy atom. The third-order valence-corrected chi connectivity index (χ3v) is 5.92. The maximum Gasteiger partial charge on any atom is 0.230 e. The molecule has 1 aliphatic rings. The number of thioether (sulfide) groups is 1. The van der Waals surface area contributed by atoms with E-state index in [0.717, 1.165) is 32.3 Å². The van der Waals surface area contributed by atoms with Gasteiger partial charge in [0, 0.05) is 25.5 Å². The van der Waals surface area contributed by atoms with Gasteiger partial charge in [-0.2, -0.15) is 0 Å². The van der Waals surface area contributed by atoms with Crippen molar-refractivity contribution in [2.45, 2.75) is 89.6 Å². The summed E-state index contributed by atoms with van der Waals surface area (Å²) in [7, 11) is 0. The Morgan fingerprint density at radius 2 is 2.10 bits per heavy atom. The molecule has 8 nitrogen and oxygen atoms in total. The predicted molar refractivity (Wildman–Crippen MR) is 114 cm³/mol. The van der Waals surface area contributed by atoms with Crippen molar-refractivity contribution in [1.29, 1.82) is 0 Å². The molecule has 1 aliphatic heterocycles. The Kier molecular flexibility index (Phi) is 9.93. The third-order valence-electron chi connectivity index (χ3n) is 4.96. The van der Waals surface area contributed by atoms with Crippen molar-refractivity contribution in [2.75, 3.05) is 12.4 Å². The van der Waals surface area contributed by atoms with E-state index in [9.17, 15) is 9.59 Å². The number of hydrogen-bond acceptors (Lipinski definition) is 6. The third kappa shape index (κ3) is 8.74. The first-order chi connectivity index (χ1) is 13.8. The topological polar surface area (TPSA) is 112 Å². The Morgan fingerprint density at radius 3 is 2.76 bits per heavy atom. The fourth-order valence-corrected chi connectivity index (χ4v) is 4.15. The summed E-state index contributed by atoms with van der Waals surface area (Å²) in [6.07, 6.45) is 6.10. The van der Waals surface area contributed by atoms with Crippen molar-refractivity contribution in [1.82, 2.24) is 20.1 Å². The number of primary amides is 1. The SMILES string of the molecule is CC(C)CCCC(C)NC(=O)CSc1nnc(CCC(N)=O)n1CC1CCCO1. The number of rotatable bonds is 13. The van der Waals surface area contributed by atoms with Gasteiger partial charge in [0.25, 0.3) is 0 Å². The van der Waals surface area contributed by atoms with Crippen LogP contribution in [0.15, 0.2) is 5.16 Å². The highest BCUT2D eigenvalue weighted by Crippen LogP contribution is 2.22. The maximum atomic E-state index is 12.3. The lowest BCUT2D eigenvalue weighted by Gasteiger charge is -2.16. The van der Waals surface area contributed by atoms with Gasteiger partial charge < -0.3 is 20.4 Å². The minimum atomic E-state index is -0.364. The highest BCUT2D eigenvalue weighted by molar-refractivity contribution is 7.99. The number of nitrogens with two attached hydrogens (primary N) is 1. The summed E-state index contributed by atoms with van der Waals surface area (Å²) in [4.78, 5) is 23.5. The molecule has 0 spiro atoms. The number of carbonyl (C=O) groups excluding carboxylic acids is 2. The molecule has 2 atom stereocenters. The van der Waals surface area contributed by atoms with Crippen LogP contribution in [0, 0.1) is 5.92 Å². The van der Waals surface area contributed by atoms with Crippen LogP contribution < -0.4 is 11.1 Å². The standard InChI is InChI=1S/C20H35N5O3S/c1-14(2)6-4-7-15(3)22-19(27)13-29-20-24-23-18(10-9-17(21)26)25(20)12-16-8-5-11-28-16/h14-16H,4-13H2,1-3H3,(H2,21,26)(H,22,27). The molecule has 0 bridgehead atoms. The van der Waals surface area contributed by atoms with Gasteiger partial charge in [-0.1, -0.05) is 38.5 Å². The van der Waals surface area contributed by atoms with Crippen LogP contribution in [-0.2, 0) is 27.3 Å². The van der Waals surface area contributed by atoms with Gasteiger partial charge in [-0.05, 0) is 32.1 Å². The van der Waals surface area contributed by atoms with E-state index in [4.69, 9.17) is 10.5 Å². The van der Waals surface area contributed by atoms with Crippen LogP contribution in [0.5, 0.6) is 0 Å². The average molecular weight is 426 g/mol. The fraction of sp³-hybridized carbons (Fsp3) is 0.800. The van der Waals surface area contributed by atoms with Crippen molar-refractivity contribution in [3.05, 3.63) is 5.82 Å². The van der Waals surface area contributed by atoms with Crippen LogP contribution in [0.25, 0.3) is 0 Å². The number of aryl methyl sites for hydroxylation is 1. The normalized spacial score (nSPS) is 17.6. The number of hydrogen-bond donors (Lipinski definition) is 2. The van der Waals surface area contributed by atoms with Crippen molar-refractivity contribution >= 4 is 23.6 Å². The molecule has 3 N–H and O–H groups in total. The van der Waals surface area contributed by atoms with Crippen LogP contribution >= 0.6 is 11.8 Å². The van der Waals surface area contributed by atoms with Crippen molar-refractivity contribution in [2.24, 2.45) is 11.7 Å². The molecule has 2 unspecified atom stereocenters. The van der Waals surface area contributed by atoms with Crippen LogP contribution in [0.1, 0.15) is 65.1 Å². The summed E-state index contributed by atoms with van der Waals surface area (Å²) < 4.78 is 7.71. The Bertz CT molecular complexity index is 659. The molecule has 1 saturated heterocycles. The number of nitrogens with zero attached hydrogens (tertiary/aromatic N) is 3. The molecule has 1 aromatic rings. The summed E-state index contributed by atoms with van der Waals surface area (Å²) in [5.74, 6) is 1.32. The van der Waals surface area contributed by atoms with Gasteiger partial charge >= 0.3 is 0 Å². The number of nitrogens with one attached hydrogen (secondary N) is 1. The van der Waals surface area contributed by atoms with Crippen molar-refractivity contribution in [3.63, 3.8) is 0 Å². The zero-order chi connectivity index (χ0) is 21.2. The van der Waals surface area contributed by atoms with E-state index >= 15 is 0 Å². The average Bonchev–Trinajstić information content (AvgIpc) is 3.28. The van der Waals surface area contributed by atoms with E-state index in [2.05, 4.69) is 29.4 Å². The van der Waals surface area contributed by atoms with Crippen molar-refractivity contribution < 1.29 is 14.3 Å². The van der Waals surface area contributed by atoms with Crippen LogP contribution in [0.4, 0.5) is 0 Å². The summed E-state index contributed by atoms with van der Waals surface area (Å²) in [6.45, 7) is 7.87. The van der Waals surface area contributed by atoms with E-state index in [0.29, 0.717) is 29.9 Å². The van der Waals surface area contributed by atoms with Gasteiger partial charge in [-0.15, -0.1) is 10.2 Å². The van der Waals surface area contributed by atoms with Crippen molar-refractivity contribution in [3.8, 4) is 0 Å². The van der Waals surface area contributed by atoms with Crippen LogP contribution in [0.2, 0.25) is 0 Å². The van der Waals surface area contributed by atoms with E-state index in [-0.39, 0.29) is 36.1 Å². The monoisotopic (exact) mass is 425 g/mol. The Hall–Kier alpha value is -1.61. The Labute approximate surface area is 177 Å². The molecule has 29 heavy (non-hydrogen) atoms. The van der Waals surface area contributed by atoms with Gasteiger partial charge in [-0.25, -0.2) is 0 Å². The summed E-state index contributed by atoms with van der Waals surface area (Å²) >= 11 is 1.37. The zero-order valence-corrected chi connectivity index (χ0v) is 18.7. The predicted octanol–water partition coefficient (Wildman–Crippen LogP) is 2.30. The lowest BCUT2D eigenvalue weighted by Crippen LogP contribution is -2.34. The van der Waals surface area contributed by atoms with Crippen LogP contribution in [0.3, 0.4) is 0 Å². The minimum Gasteiger partial charge on any atom is -0.376 e. The molecular formula is C20H35N5O3S. The highest BCUT2D eigenvalue weighted by Gasteiger charge is 2.22. The van der Waals surface area contributed by atoms with E-state index in [1.54, 1.807) is 0 Å². The molecule has 164 valence electrons. The highest BCUT2D eigenvalue weighted by atomic mass is 32.2. The van der Waals surface area contributed by atoms with E-state index < -0.39 is 0 Å². The van der Waals surface area contributed by atoms with Gasteiger partial charge in [-0.3, -0.25) is 9.59 Å². The second-order valence-electron chi connectivity index (χ2n) is 8.19. The molecule has 2 heterocycles. The largest absolute Gasteiger partial charge is 0.376 e. The van der Waals surface area contributed by atoms with Gasteiger partial charge in [0.2, 0.25) is 11.8 Å². The number of carbonyl (C=O) groups is 2. The van der Waals surface area contributed by atoms with Crippen LogP contribution in [-0.4, -0.2) is 51.1 Å². The van der Waals surface area contributed by atoms with E-state index in [1.807, 2.05) is 11.5 Å². The number of amides is 2. The minimum absolute atomic E-state index is 0.00241. The molecule has 1 aromatic heterocycles. The first-order valence-electron chi connectivity index (χ1n) is 10.6. The lowest BCUT2D eigenvalue weighted by molar-refractivity contribution is -0.119. The second kappa shape index (κ2) is 12.2. The van der Waals surface area contributed by atoms with Gasteiger partial charge in [0.05, 0.1) is 18.4 Å². The molecule has 2 rings (SSSR count). The van der Waals surface area contributed by atoms with Gasteiger partial charge in [0.15, 0.2) is 5.16 Å². The zero-order valence-electron chi connectivity index (χ0n) is 17.9. The smallest absolute Gasteiger partial charge is 0.230 e. The molecule has 0 radical (unpaired) electrons. The molecule has 2 amide bonds. The molecule has 9 heteroatoms. The molecule has 1 fully saturated rings.